The van der Waals surface area contributed by atoms with Crippen LogP contribution in [-0.4, -0.2) is 72.5 Å². The molecule has 0 bridgehead atoms. The fourth-order valence-electron chi connectivity index (χ4n) is 3.66. The highest BCUT2D eigenvalue weighted by Crippen LogP contribution is 2.05. The Labute approximate surface area is 274 Å². The minimum atomic E-state index is -1.10. The molecule has 0 fully saturated rings. The van der Waals surface area contributed by atoms with Crippen LogP contribution >= 0.6 is 0 Å². The summed E-state index contributed by atoms with van der Waals surface area (Å²) in [5, 5.41) is 23.7. The Morgan fingerprint density at radius 2 is 1.24 bits per heavy atom. The van der Waals surface area contributed by atoms with E-state index in [1.165, 1.54) is 0 Å². The molecule has 0 saturated carbocycles. The monoisotopic (exact) mass is 642 g/mol. The predicted octanol–water partition coefficient (Wildman–Crippen LogP) is 4.86. The van der Waals surface area contributed by atoms with E-state index < -0.39 is 43.2 Å². The lowest BCUT2D eigenvalue weighted by atomic mass is 10.1. The Balaban J connectivity index is 4.44. The van der Waals surface area contributed by atoms with Crippen molar-refractivity contribution in [2.75, 3.05) is 26.4 Å². The van der Waals surface area contributed by atoms with Crippen molar-refractivity contribution in [3.63, 3.8) is 0 Å². The molecule has 0 unspecified atom stereocenters. The van der Waals surface area contributed by atoms with Crippen molar-refractivity contribution in [2.45, 2.75) is 90.2 Å². The lowest BCUT2D eigenvalue weighted by Crippen LogP contribution is -2.44. The van der Waals surface area contributed by atoms with Crippen LogP contribution in [0.4, 0.5) is 0 Å². The van der Waals surface area contributed by atoms with Gasteiger partial charge in [-0.25, -0.2) is 9.59 Å². The molecule has 0 aromatic rings. The van der Waals surface area contributed by atoms with Gasteiger partial charge in [-0.15, -0.1) is 0 Å². The number of esters is 2. The minimum Gasteiger partial charge on any atom is -0.463 e. The number of carbonyl (C=O) groups is 4. The van der Waals surface area contributed by atoms with E-state index in [4.69, 9.17) is 9.47 Å². The first-order valence-corrected chi connectivity index (χ1v) is 16.1. The van der Waals surface area contributed by atoms with Crippen LogP contribution in [0.15, 0.2) is 85.1 Å². The molecule has 0 aromatic carbocycles. The predicted molar refractivity (Wildman–Crippen MR) is 181 cm³/mol. The average molecular weight is 643 g/mol. The van der Waals surface area contributed by atoms with E-state index in [2.05, 4.69) is 78.3 Å². The van der Waals surface area contributed by atoms with E-state index in [1.54, 1.807) is 6.92 Å². The molecular weight excluding hydrogens is 588 g/mol. The maximum Gasteiger partial charge on any atom is 0.330 e. The fraction of sp³-hybridized carbons (Fsp3) is 0.500. The van der Waals surface area contributed by atoms with E-state index in [9.17, 15) is 29.4 Å². The van der Waals surface area contributed by atoms with Crippen LogP contribution in [-0.2, 0) is 28.7 Å². The van der Waals surface area contributed by atoms with Gasteiger partial charge in [0, 0.05) is 25.1 Å². The van der Waals surface area contributed by atoms with Crippen molar-refractivity contribution in [3.8, 4) is 0 Å². The first kappa shape index (κ1) is 42.0. The summed E-state index contributed by atoms with van der Waals surface area (Å²) in [7, 11) is 0. The Morgan fingerprint density at radius 1 is 0.717 bits per heavy atom. The molecule has 256 valence electrons. The number of hydrogen-bond acceptors (Lipinski definition) is 8. The van der Waals surface area contributed by atoms with Gasteiger partial charge in [-0.2, -0.15) is 0 Å². The first-order chi connectivity index (χ1) is 22.4. The molecular formula is C36H54N2O8. The number of ether oxygens (including phenoxy) is 2. The van der Waals surface area contributed by atoms with Crippen LogP contribution in [0, 0.1) is 0 Å². The highest BCUT2D eigenvalue weighted by Gasteiger charge is 2.24. The third kappa shape index (κ3) is 26.4. The van der Waals surface area contributed by atoms with Crippen LogP contribution in [0.25, 0.3) is 0 Å². The van der Waals surface area contributed by atoms with Gasteiger partial charge >= 0.3 is 11.9 Å². The Hall–Kier alpha value is -4.02. The molecule has 4 N–H and O–H groups in total. The van der Waals surface area contributed by atoms with Gasteiger partial charge in [0.2, 0.25) is 11.8 Å². The van der Waals surface area contributed by atoms with E-state index in [1.807, 2.05) is 12.2 Å². The van der Waals surface area contributed by atoms with Gasteiger partial charge in [-0.05, 0) is 64.7 Å². The minimum absolute atomic E-state index is 0.149. The van der Waals surface area contributed by atoms with Gasteiger partial charge < -0.3 is 30.3 Å². The molecule has 46 heavy (non-hydrogen) atoms. The maximum absolute atomic E-state index is 12.6. The second-order valence-corrected chi connectivity index (χ2v) is 10.0. The highest BCUT2D eigenvalue weighted by molar-refractivity contribution is 5.94. The summed E-state index contributed by atoms with van der Waals surface area (Å²) in [6, 6.07) is -1.02. The van der Waals surface area contributed by atoms with Crippen molar-refractivity contribution >= 4 is 23.8 Å². The zero-order valence-electron chi connectivity index (χ0n) is 27.5. The number of carbonyl (C=O) groups excluding carboxylic acids is 4. The molecule has 0 rings (SSSR count). The quantitative estimate of drug-likeness (QED) is 0.0452. The van der Waals surface area contributed by atoms with E-state index in [0.717, 1.165) is 50.7 Å². The molecule has 0 aliphatic rings. The fourth-order valence-corrected chi connectivity index (χ4v) is 3.66. The van der Waals surface area contributed by atoms with Crippen LogP contribution in [0.5, 0.6) is 0 Å². The number of nitrogens with one attached hydrogen (secondary N) is 2. The molecule has 0 saturated heterocycles. The average Bonchev–Trinajstić information content (AvgIpc) is 3.05. The normalized spacial score (nSPS) is 13.0. The summed E-state index contributed by atoms with van der Waals surface area (Å²) < 4.78 is 9.79. The summed E-state index contributed by atoms with van der Waals surface area (Å²) in [5.74, 6) is -2.28. The first-order valence-electron chi connectivity index (χ1n) is 16.1. The largest absolute Gasteiger partial charge is 0.463 e. The van der Waals surface area contributed by atoms with Crippen molar-refractivity contribution < 1.29 is 38.9 Å². The number of rotatable bonds is 26. The summed E-state index contributed by atoms with van der Waals surface area (Å²) in [6.07, 6.45) is 32.9. The number of amides is 2. The van der Waals surface area contributed by atoms with Gasteiger partial charge in [0.15, 0.2) is 0 Å². The summed E-state index contributed by atoms with van der Waals surface area (Å²) in [6.45, 7) is 3.03. The smallest absolute Gasteiger partial charge is 0.330 e. The van der Waals surface area contributed by atoms with Crippen molar-refractivity contribution in [2.24, 2.45) is 0 Å². The Kier molecular flexibility index (Phi) is 28.3. The molecule has 0 aliphatic heterocycles. The van der Waals surface area contributed by atoms with E-state index in [0.29, 0.717) is 12.8 Å². The van der Waals surface area contributed by atoms with Gasteiger partial charge in [0.1, 0.15) is 12.1 Å². The van der Waals surface area contributed by atoms with Crippen LogP contribution < -0.4 is 10.6 Å². The molecule has 0 spiro atoms. The zero-order chi connectivity index (χ0) is 34.1. The molecule has 2 amide bonds. The van der Waals surface area contributed by atoms with Crippen LogP contribution in [0.2, 0.25) is 0 Å². The highest BCUT2D eigenvalue weighted by atomic mass is 16.6. The zero-order valence-corrected chi connectivity index (χ0v) is 27.5. The van der Waals surface area contributed by atoms with E-state index in [-0.39, 0.29) is 31.9 Å². The second-order valence-electron chi connectivity index (χ2n) is 10.0. The molecule has 0 aromatic heterocycles. The maximum atomic E-state index is 12.6. The Morgan fingerprint density at radius 3 is 1.74 bits per heavy atom. The third-order valence-corrected chi connectivity index (χ3v) is 6.07. The molecule has 0 radical (unpaired) electrons. The van der Waals surface area contributed by atoms with Crippen molar-refractivity contribution in [1.29, 1.82) is 0 Å². The SMILES string of the molecule is CC/C=C\C/C=C\C/C=C\C/C=C\C/C=C\C/C=C\CCC(=O)N[C@@H](CCCNC(=O)/C=C/C(=O)OCC)C(=O)OC(CO)CO. The van der Waals surface area contributed by atoms with Crippen LogP contribution in [0.3, 0.4) is 0 Å². The van der Waals surface area contributed by atoms with Crippen LogP contribution in [0.1, 0.15) is 78.1 Å². The number of aliphatic hydroxyl groups excluding tert-OH is 2. The molecule has 0 aliphatic carbocycles. The van der Waals surface area contributed by atoms with Crippen molar-refractivity contribution in [1.82, 2.24) is 10.6 Å². The van der Waals surface area contributed by atoms with Gasteiger partial charge in [0.05, 0.1) is 19.8 Å². The molecule has 1 atom stereocenters. The lowest BCUT2D eigenvalue weighted by Gasteiger charge is -2.20. The third-order valence-electron chi connectivity index (χ3n) is 6.07. The van der Waals surface area contributed by atoms with Gasteiger partial charge in [-0.1, -0.05) is 79.8 Å². The molecule has 0 heterocycles. The standard InChI is InChI=1S/C36H54N2O8/c1-3-5-6-7-8-9-10-11-12-13-14-15-16-17-18-19-20-21-22-25-34(42)38-32(36(44)46-31(29-39)30-40)24-23-28-37-33(41)26-27-35(43)45-4-2/h5-6,8-9,11-12,14-15,17-18,20-21,26-27,31-32,39-40H,3-4,7,10,13,16,19,22-25,28-30H2,1-2H3,(H,37,41)(H,38,42)/b6-5-,9-8-,12-11-,15-14-,18-17-,21-20-,27-26+/t32-/m0/s1. The lowest BCUT2D eigenvalue weighted by molar-refractivity contribution is -0.157. The Bertz CT molecular complexity index is 1050. The number of allylic oxidation sites excluding steroid dienone is 12. The summed E-state index contributed by atoms with van der Waals surface area (Å²) in [5.41, 5.74) is 0. The van der Waals surface area contributed by atoms with Gasteiger partial charge in [0.25, 0.3) is 0 Å². The topological polar surface area (TPSA) is 151 Å². The summed E-state index contributed by atoms with van der Waals surface area (Å²) in [4.78, 5) is 48.2. The molecule has 10 nitrogen and oxygen atoms in total. The number of aliphatic hydroxyl groups is 2. The second kappa shape index (κ2) is 31.0. The number of hydrogen-bond donors (Lipinski definition) is 4. The van der Waals surface area contributed by atoms with Crippen molar-refractivity contribution in [3.05, 3.63) is 85.1 Å². The van der Waals surface area contributed by atoms with E-state index >= 15 is 0 Å². The van der Waals surface area contributed by atoms with Gasteiger partial charge in [-0.3, -0.25) is 9.59 Å². The molecule has 10 heteroatoms. The summed E-state index contributed by atoms with van der Waals surface area (Å²) >= 11 is 0.